The van der Waals surface area contributed by atoms with Crippen molar-refractivity contribution in [3.8, 4) is 5.75 Å². The van der Waals surface area contributed by atoms with E-state index in [4.69, 9.17) is 14.6 Å². The van der Waals surface area contributed by atoms with Crippen molar-refractivity contribution in [2.75, 3.05) is 0 Å². The first-order valence-corrected chi connectivity index (χ1v) is 8.37. The number of hydrogen-bond acceptors (Lipinski definition) is 6. The van der Waals surface area contributed by atoms with E-state index in [0.29, 0.717) is 5.75 Å². The van der Waals surface area contributed by atoms with E-state index in [1.54, 1.807) is 0 Å². The molecule has 5 atom stereocenters. The van der Waals surface area contributed by atoms with Gasteiger partial charge in [-0.1, -0.05) is 45.9 Å². The zero-order valence-electron chi connectivity index (χ0n) is 14.8. The molecule has 1 aliphatic rings. The van der Waals surface area contributed by atoms with E-state index >= 15 is 0 Å². The van der Waals surface area contributed by atoms with Crippen molar-refractivity contribution < 1.29 is 34.7 Å². The molecule has 0 amide bonds. The highest BCUT2D eigenvalue weighted by Crippen LogP contribution is 2.36. The number of carbonyl (C=O) groups is 1. The lowest BCUT2D eigenvalue weighted by Crippen LogP contribution is -2.61. The molecule has 0 aliphatic carbocycles. The summed E-state index contributed by atoms with van der Waals surface area (Å²) in [7, 11) is 0. The summed E-state index contributed by atoms with van der Waals surface area (Å²) in [6.07, 6.45) is -8.09. The van der Waals surface area contributed by atoms with E-state index in [1.807, 2.05) is 45.9 Å². The van der Waals surface area contributed by atoms with Crippen molar-refractivity contribution in [2.45, 2.75) is 70.2 Å². The number of carboxylic acid groups (broad SMARTS) is 1. The van der Waals surface area contributed by atoms with E-state index in [0.717, 1.165) is 11.1 Å². The molecule has 2 rings (SSSR count). The van der Waals surface area contributed by atoms with Crippen molar-refractivity contribution in [2.24, 2.45) is 0 Å². The lowest BCUT2D eigenvalue weighted by molar-refractivity contribution is -0.271. The fourth-order valence-corrected chi connectivity index (χ4v) is 2.88. The molecule has 0 aromatic heterocycles. The van der Waals surface area contributed by atoms with Crippen LogP contribution in [0, 0.1) is 0 Å². The molecule has 140 valence electrons. The van der Waals surface area contributed by atoms with Crippen molar-refractivity contribution in [3.05, 3.63) is 29.3 Å². The highest BCUT2D eigenvalue weighted by atomic mass is 16.7. The molecule has 7 heteroatoms. The summed E-state index contributed by atoms with van der Waals surface area (Å²) in [6, 6.07) is 5.69. The minimum absolute atomic E-state index is 0.125. The molecule has 7 nitrogen and oxygen atoms in total. The molecule has 1 saturated heterocycles. The first-order valence-electron chi connectivity index (χ1n) is 8.37. The average Bonchev–Trinajstić information content (AvgIpc) is 2.54. The quantitative estimate of drug-likeness (QED) is 0.628. The Kier molecular flexibility index (Phi) is 6.05. The molecule has 0 radical (unpaired) electrons. The molecule has 1 aliphatic heterocycles. The number of benzene rings is 1. The van der Waals surface area contributed by atoms with Gasteiger partial charge in [0, 0.05) is 0 Å². The molecule has 1 aromatic rings. The van der Waals surface area contributed by atoms with Crippen LogP contribution in [0.25, 0.3) is 0 Å². The number of aliphatic hydroxyl groups excluding tert-OH is 3. The zero-order chi connectivity index (χ0) is 18.9. The topological polar surface area (TPSA) is 116 Å². The van der Waals surface area contributed by atoms with Crippen molar-refractivity contribution >= 4 is 5.97 Å². The van der Waals surface area contributed by atoms with E-state index in [9.17, 15) is 20.1 Å². The van der Waals surface area contributed by atoms with Crippen LogP contribution < -0.4 is 4.74 Å². The lowest BCUT2D eigenvalue weighted by atomic mass is 9.93. The maximum absolute atomic E-state index is 11.2. The Bertz CT molecular complexity index is 587. The molecule has 25 heavy (non-hydrogen) atoms. The molecule has 3 unspecified atom stereocenters. The molecule has 0 spiro atoms. The number of hydrogen-bond donors (Lipinski definition) is 4. The van der Waals surface area contributed by atoms with Crippen LogP contribution in [-0.2, 0) is 9.53 Å². The van der Waals surface area contributed by atoms with Gasteiger partial charge >= 0.3 is 5.97 Å². The number of rotatable bonds is 5. The van der Waals surface area contributed by atoms with Crippen molar-refractivity contribution in [1.29, 1.82) is 0 Å². The number of ether oxygens (including phenoxy) is 2. The predicted octanol–water partition coefficient (Wildman–Crippen LogP) is 1.20. The van der Waals surface area contributed by atoms with Crippen molar-refractivity contribution in [3.63, 3.8) is 0 Å². The molecule has 1 fully saturated rings. The Morgan fingerprint density at radius 1 is 1.00 bits per heavy atom. The van der Waals surface area contributed by atoms with Crippen LogP contribution in [0.2, 0.25) is 0 Å². The molecule has 0 saturated carbocycles. The maximum atomic E-state index is 11.2. The first-order chi connectivity index (χ1) is 11.6. The Balaban J connectivity index is 2.39. The highest BCUT2D eigenvalue weighted by Gasteiger charge is 2.48. The Labute approximate surface area is 146 Å². The molecule has 1 heterocycles. The lowest BCUT2D eigenvalue weighted by Gasteiger charge is -2.39. The second kappa shape index (κ2) is 7.70. The number of para-hydroxylation sites is 1. The monoisotopic (exact) mass is 354 g/mol. The number of carboxylic acids is 1. The van der Waals surface area contributed by atoms with Crippen LogP contribution in [0.15, 0.2) is 18.2 Å². The minimum atomic E-state index is -1.74. The summed E-state index contributed by atoms with van der Waals surface area (Å²) >= 11 is 0. The van der Waals surface area contributed by atoms with Gasteiger partial charge in [0.1, 0.15) is 24.1 Å². The number of aliphatic carboxylic acids is 1. The van der Waals surface area contributed by atoms with Crippen LogP contribution >= 0.6 is 0 Å². The van der Waals surface area contributed by atoms with Gasteiger partial charge in [-0.15, -0.1) is 0 Å². The van der Waals surface area contributed by atoms with Crippen LogP contribution in [0.5, 0.6) is 5.75 Å². The van der Waals surface area contributed by atoms with Gasteiger partial charge in [-0.25, -0.2) is 4.79 Å². The van der Waals surface area contributed by atoms with Crippen molar-refractivity contribution in [1.82, 2.24) is 0 Å². The van der Waals surface area contributed by atoms with Gasteiger partial charge in [0.05, 0.1) is 0 Å². The zero-order valence-corrected chi connectivity index (χ0v) is 14.8. The van der Waals surface area contributed by atoms with E-state index < -0.39 is 36.7 Å². The van der Waals surface area contributed by atoms with Gasteiger partial charge in [0.15, 0.2) is 6.10 Å². The van der Waals surface area contributed by atoms with Gasteiger partial charge in [-0.3, -0.25) is 0 Å². The van der Waals surface area contributed by atoms with E-state index in [2.05, 4.69) is 0 Å². The predicted molar refractivity (Wildman–Crippen MR) is 89.6 cm³/mol. The van der Waals surface area contributed by atoms with Crippen LogP contribution in [0.4, 0.5) is 0 Å². The summed E-state index contributed by atoms with van der Waals surface area (Å²) in [5, 5.41) is 39.0. The normalized spacial score (nSPS) is 29.9. The van der Waals surface area contributed by atoms with E-state index in [1.165, 1.54) is 0 Å². The molecule has 4 N–H and O–H groups in total. The molecule has 1 aromatic carbocycles. The average molecular weight is 354 g/mol. The van der Waals surface area contributed by atoms with Gasteiger partial charge in [-0.05, 0) is 23.0 Å². The molecular weight excluding hydrogens is 328 g/mol. The fraction of sp³-hybridized carbons (Fsp3) is 0.611. The third-order valence-corrected chi connectivity index (χ3v) is 4.37. The maximum Gasteiger partial charge on any atom is 0.335 e. The minimum Gasteiger partial charge on any atom is -0.479 e. The Hall–Kier alpha value is -1.67. The molecular formula is C18H26O7. The fourth-order valence-electron chi connectivity index (χ4n) is 2.88. The second-order valence-corrected chi connectivity index (χ2v) is 6.93. The number of aliphatic hydroxyl groups is 3. The summed E-state index contributed by atoms with van der Waals surface area (Å²) in [5.41, 5.74) is 1.77. The van der Waals surface area contributed by atoms with Gasteiger partial charge in [0.2, 0.25) is 6.29 Å². The van der Waals surface area contributed by atoms with Crippen LogP contribution in [-0.4, -0.2) is 57.1 Å². The van der Waals surface area contributed by atoms with Crippen LogP contribution in [0.1, 0.15) is 50.7 Å². The van der Waals surface area contributed by atoms with E-state index in [-0.39, 0.29) is 11.8 Å². The van der Waals surface area contributed by atoms with Crippen LogP contribution in [0.3, 0.4) is 0 Å². The largest absolute Gasteiger partial charge is 0.479 e. The van der Waals surface area contributed by atoms with Gasteiger partial charge in [0.25, 0.3) is 0 Å². The van der Waals surface area contributed by atoms with Gasteiger partial charge in [-0.2, -0.15) is 0 Å². The third kappa shape index (κ3) is 3.95. The summed E-state index contributed by atoms with van der Waals surface area (Å²) in [6.45, 7) is 7.96. The smallest absolute Gasteiger partial charge is 0.335 e. The highest BCUT2D eigenvalue weighted by molar-refractivity contribution is 5.73. The summed E-state index contributed by atoms with van der Waals surface area (Å²) in [4.78, 5) is 11.2. The third-order valence-electron chi connectivity index (χ3n) is 4.37. The Morgan fingerprint density at radius 2 is 1.52 bits per heavy atom. The first kappa shape index (κ1) is 19.7. The van der Waals surface area contributed by atoms with Gasteiger partial charge < -0.3 is 29.9 Å². The molecule has 0 bridgehead atoms. The summed E-state index contributed by atoms with van der Waals surface area (Å²) in [5.74, 6) is -0.682. The standard InChI is InChI=1S/C18H26O7/c1-8(2)10-6-5-7-11(9(3)4)15(10)24-18-14(21)12(19)13(20)16(25-18)17(22)23/h5-9,12-14,16,18-21H,1-4H3,(H,22,23)/t12?,13-,14?,16?,18-/m1/s1. The Morgan fingerprint density at radius 3 is 1.96 bits per heavy atom. The SMILES string of the molecule is CC(C)c1cccc(C(C)C)c1O[C@@H]1OC(C(=O)O)[C@H](O)C(O)C1O. The summed E-state index contributed by atoms with van der Waals surface area (Å²) < 4.78 is 11.1. The second-order valence-electron chi connectivity index (χ2n) is 6.93.